The molecule has 190 valence electrons. The van der Waals surface area contributed by atoms with Crippen LogP contribution in [-0.4, -0.2) is 32.1 Å². The molecule has 4 rings (SSSR count). The summed E-state index contributed by atoms with van der Waals surface area (Å²) < 4.78 is 6.52. The monoisotopic (exact) mass is 524 g/mol. The lowest BCUT2D eigenvalue weighted by molar-refractivity contribution is -0.385. The van der Waals surface area contributed by atoms with Gasteiger partial charge in [-0.2, -0.15) is 0 Å². The summed E-state index contributed by atoms with van der Waals surface area (Å²) in [6.45, 7) is 4.84. The largest absolute Gasteiger partial charge is 0.507 e. The number of aryl methyl sites for hydroxylation is 1. The molecule has 1 N–H and O–H groups in total. The van der Waals surface area contributed by atoms with Crippen LogP contribution in [0.5, 0.6) is 5.75 Å². The van der Waals surface area contributed by atoms with E-state index in [9.17, 15) is 34.9 Å². The van der Waals surface area contributed by atoms with Crippen LogP contribution < -0.4 is 14.9 Å². The highest BCUT2D eigenvalue weighted by Gasteiger charge is 2.34. The third-order valence-corrected chi connectivity index (χ3v) is 6.75. The summed E-state index contributed by atoms with van der Waals surface area (Å²) in [5.74, 6) is -0.992. The van der Waals surface area contributed by atoms with Gasteiger partial charge in [-0.1, -0.05) is 23.5 Å². The fourth-order valence-electron chi connectivity index (χ4n) is 4.01. The Hall–Kier alpha value is -4.65. The van der Waals surface area contributed by atoms with Gasteiger partial charge in [-0.25, -0.2) is 9.79 Å². The molecule has 3 aromatic rings. The summed E-state index contributed by atoms with van der Waals surface area (Å²) in [6.07, 6.45) is 1.30. The first kappa shape index (κ1) is 25.4. The number of rotatable bonds is 6. The quantitative estimate of drug-likeness (QED) is 0.292. The van der Waals surface area contributed by atoms with E-state index in [4.69, 9.17) is 4.74 Å². The predicted octanol–water partition coefficient (Wildman–Crippen LogP) is 2.63. The van der Waals surface area contributed by atoms with Gasteiger partial charge in [0.05, 0.1) is 38.3 Å². The number of ether oxygens (including phenoxy) is 1. The van der Waals surface area contributed by atoms with Crippen molar-refractivity contribution in [2.75, 3.05) is 6.61 Å². The lowest BCUT2D eigenvalue weighted by Gasteiger charge is -2.24. The molecule has 2 heterocycles. The Labute approximate surface area is 212 Å². The molecular formula is C24H20N4O8S. The van der Waals surface area contributed by atoms with Crippen molar-refractivity contribution in [3.05, 3.63) is 104 Å². The minimum Gasteiger partial charge on any atom is -0.507 e. The summed E-state index contributed by atoms with van der Waals surface area (Å²) >= 11 is 0.950. The molecule has 0 aliphatic carbocycles. The molecule has 12 nitrogen and oxygen atoms in total. The molecule has 0 bridgehead atoms. The number of allylic oxidation sites excluding steroid dienone is 1. The van der Waals surface area contributed by atoms with Crippen LogP contribution >= 0.6 is 11.3 Å². The number of fused-ring (bicyclic) bond motifs is 1. The van der Waals surface area contributed by atoms with Crippen molar-refractivity contribution in [2.45, 2.75) is 26.8 Å². The molecule has 0 spiro atoms. The van der Waals surface area contributed by atoms with Gasteiger partial charge in [0, 0.05) is 29.3 Å². The lowest BCUT2D eigenvalue weighted by atomic mass is 9.94. The summed E-state index contributed by atoms with van der Waals surface area (Å²) in [7, 11) is 0. The molecule has 1 aromatic heterocycles. The van der Waals surface area contributed by atoms with Gasteiger partial charge >= 0.3 is 5.97 Å². The highest BCUT2D eigenvalue weighted by atomic mass is 32.1. The average molecular weight is 525 g/mol. The number of thiazole rings is 1. The molecule has 2 aromatic carbocycles. The fraction of sp³-hybridized carbons (Fsp3) is 0.208. The highest BCUT2D eigenvalue weighted by Crippen LogP contribution is 2.33. The van der Waals surface area contributed by atoms with E-state index in [2.05, 4.69) is 4.99 Å². The third-order valence-electron chi connectivity index (χ3n) is 5.77. The van der Waals surface area contributed by atoms with E-state index in [1.807, 2.05) is 0 Å². The number of carbonyl (C=O) groups is 1. The van der Waals surface area contributed by atoms with E-state index < -0.39 is 27.4 Å². The minimum absolute atomic E-state index is 0.0447. The minimum atomic E-state index is -1.07. The van der Waals surface area contributed by atoms with E-state index in [0.717, 1.165) is 29.5 Å². The SMILES string of the molecule is CCOC(=O)C1=C(C)N=c2s/c(=C/c3cc([N+](=O)[O-])ccc3O)c(=O)n2[C@H]1c1ccc(C)c([N+](=O)[O-])c1. The maximum atomic E-state index is 13.6. The van der Waals surface area contributed by atoms with Crippen molar-refractivity contribution in [1.82, 2.24) is 4.57 Å². The van der Waals surface area contributed by atoms with Gasteiger partial charge in [0.25, 0.3) is 16.9 Å². The molecular weight excluding hydrogens is 504 g/mol. The standard InChI is InChI=1S/C24H20N4O8S/c1-4-36-23(31)20-13(3)25-24-26(21(20)14-6-5-12(2)17(10-14)28(34)35)22(30)19(37-24)11-15-9-16(27(32)33)7-8-18(15)29/h5-11,21,29H,4H2,1-3H3/b19-11+/t21-/m0/s1. The topological polar surface area (TPSA) is 167 Å². The van der Waals surface area contributed by atoms with Crippen LogP contribution in [0.3, 0.4) is 0 Å². The fourth-order valence-corrected chi connectivity index (χ4v) is 5.05. The number of benzene rings is 2. The zero-order valence-corrected chi connectivity index (χ0v) is 20.6. The van der Waals surface area contributed by atoms with E-state index >= 15 is 0 Å². The van der Waals surface area contributed by atoms with Crippen molar-refractivity contribution in [2.24, 2.45) is 4.99 Å². The Morgan fingerprint density at radius 2 is 1.92 bits per heavy atom. The molecule has 1 atom stereocenters. The molecule has 0 amide bonds. The van der Waals surface area contributed by atoms with Gasteiger partial charge in [0.1, 0.15) is 5.75 Å². The molecule has 13 heteroatoms. The molecule has 0 saturated carbocycles. The second kappa shape index (κ2) is 9.78. The Kier molecular flexibility index (Phi) is 6.72. The maximum Gasteiger partial charge on any atom is 0.338 e. The van der Waals surface area contributed by atoms with Gasteiger partial charge in [-0.3, -0.25) is 29.6 Å². The number of non-ortho nitro benzene ring substituents is 1. The summed E-state index contributed by atoms with van der Waals surface area (Å²) in [5, 5.41) is 33.0. The lowest BCUT2D eigenvalue weighted by Crippen LogP contribution is -2.40. The van der Waals surface area contributed by atoms with Gasteiger partial charge < -0.3 is 9.84 Å². The number of nitrogens with zero attached hydrogens (tertiary/aromatic N) is 4. The number of nitro groups is 2. The molecule has 37 heavy (non-hydrogen) atoms. The van der Waals surface area contributed by atoms with Crippen LogP contribution in [0.25, 0.3) is 6.08 Å². The van der Waals surface area contributed by atoms with Crippen LogP contribution in [-0.2, 0) is 9.53 Å². The van der Waals surface area contributed by atoms with Gasteiger partial charge in [-0.05, 0) is 38.5 Å². The Bertz CT molecular complexity index is 1690. The van der Waals surface area contributed by atoms with Crippen molar-refractivity contribution >= 4 is 34.8 Å². The zero-order valence-electron chi connectivity index (χ0n) is 19.8. The van der Waals surface area contributed by atoms with Crippen molar-refractivity contribution < 1.29 is 24.5 Å². The van der Waals surface area contributed by atoms with E-state index in [-0.39, 0.29) is 49.9 Å². The van der Waals surface area contributed by atoms with Gasteiger partial charge in [0.2, 0.25) is 0 Å². The predicted molar refractivity (Wildman–Crippen MR) is 133 cm³/mol. The first-order chi connectivity index (χ1) is 17.5. The normalized spacial score (nSPS) is 15.2. The molecule has 1 aliphatic heterocycles. The van der Waals surface area contributed by atoms with Crippen LogP contribution in [0.1, 0.15) is 36.6 Å². The van der Waals surface area contributed by atoms with Crippen LogP contribution in [0.2, 0.25) is 0 Å². The first-order valence-electron chi connectivity index (χ1n) is 11.0. The third kappa shape index (κ3) is 4.63. The summed E-state index contributed by atoms with van der Waals surface area (Å²) in [6, 6.07) is 6.77. The Morgan fingerprint density at radius 3 is 2.57 bits per heavy atom. The number of carbonyl (C=O) groups excluding carboxylic acids is 1. The number of aromatic hydroxyl groups is 1. The van der Waals surface area contributed by atoms with Crippen molar-refractivity contribution in [1.29, 1.82) is 0 Å². The van der Waals surface area contributed by atoms with E-state index in [1.54, 1.807) is 26.8 Å². The Morgan fingerprint density at radius 1 is 1.19 bits per heavy atom. The molecule has 1 aliphatic rings. The van der Waals surface area contributed by atoms with Crippen LogP contribution in [0, 0.1) is 27.2 Å². The second-order valence-corrected chi connectivity index (χ2v) is 9.11. The molecule has 0 unspecified atom stereocenters. The van der Waals surface area contributed by atoms with Gasteiger partial charge in [0.15, 0.2) is 4.80 Å². The first-order valence-corrected chi connectivity index (χ1v) is 11.8. The summed E-state index contributed by atoms with van der Waals surface area (Å²) in [5.41, 5.74) is 0.0256. The van der Waals surface area contributed by atoms with Crippen LogP contribution in [0.15, 0.2) is 57.5 Å². The van der Waals surface area contributed by atoms with Gasteiger partial charge in [-0.15, -0.1) is 0 Å². The Balaban J connectivity index is 2.00. The maximum absolute atomic E-state index is 13.6. The molecule has 0 radical (unpaired) electrons. The van der Waals surface area contributed by atoms with Crippen molar-refractivity contribution in [3.63, 3.8) is 0 Å². The number of esters is 1. The smallest absolute Gasteiger partial charge is 0.338 e. The number of nitro benzene ring substituents is 2. The highest BCUT2D eigenvalue weighted by molar-refractivity contribution is 7.07. The number of phenols is 1. The number of phenolic OH excluding ortho intramolecular Hbond substituents is 1. The second-order valence-electron chi connectivity index (χ2n) is 8.11. The number of hydrogen-bond donors (Lipinski definition) is 1. The number of hydrogen-bond acceptors (Lipinski definition) is 10. The molecule has 0 saturated heterocycles. The zero-order chi connectivity index (χ0) is 27.0. The summed E-state index contributed by atoms with van der Waals surface area (Å²) in [4.78, 5) is 52.8. The van der Waals surface area contributed by atoms with E-state index in [0.29, 0.717) is 11.1 Å². The van der Waals surface area contributed by atoms with E-state index in [1.165, 1.54) is 22.8 Å². The molecule has 0 fully saturated rings. The average Bonchev–Trinajstić information content (AvgIpc) is 3.14. The van der Waals surface area contributed by atoms with Crippen LogP contribution in [0.4, 0.5) is 11.4 Å². The van der Waals surface area contributed by atoms with Crippen molar-refractivity contribution in [3.8, 4) is 5.75 Å². The number of aromatic nitrogens is 1.